The molecule has 2 atom stereocenters. The number of nitrogens with zero attached hydrogens (tertiary/aromatic N) is 1. The van der Waals surface area contributed by atoms with Crippen LogP contribution in [-0.2, 0) is 9.59 Å². The van der Waals surface area contributed by atoms with Gasteiger partial charge in [0.15, 0.2) is 0 Å². The number of nitrogens with one attached hydrogen (secondary N) is 1. The summed E-state index contributed by atoms with van der Waals surface area (Å²) in [6, 6.07) is -1.39. The number of hydrogen-bond acceptors (Lipinski definition) is 3. The first-order valence-electron chi connectivity index (χ1n) is 7.03. The normalized spacial score (nSPS) is 20.2. The number of likely N-dealkylation sites (tertiary alicyclic amines) is 1. The molecule has 0 aromatic heterocycles. The third kappa shape index (κ3) is 4.71. The van der Waals surface area contributed by atoms with Crippen LogP contribution in [0.15, 0.2) is 0 Å². The Hall–Kier alpha value is -1.79. The third-order valence-electron chi connectivity index (χ3n) is 3.56. The van der Waals surface area contributed by atoms with Crippen molar-refractivity contribution >= 4 is 17.9 Å². The number of hydrogen-bond donors (Lipinski definition) is 3. The fourth-order valence-corrected chi connectivity index (χ4v) is 2.35. The average Bonchev–Trinajstić information content (AvgIpc) is 2.42. The Bertz CT molecular complexity index is 373. The lowest BCUT2D eigenvalue weighted by Gasteiger charge is -2.31. The number of carboxylic acid groups (broad SMARTS) is 1. The fourth-order valence-electron chi connectivity index (χ4n) is 2.35. The van der Waals surface area contributed by atoms with Crippen LogP contribution in [-0.4, -0.2) is 47.0 Å². The molecule has 0 saturated carbocycles. The summed E-state index contributed by atoms with van der Waals surface area (Å²) in [5.41, 5.74) is 5.21. The Morgan fingerprint density at radius 2 is 2.15 bits per heavy atom. The van der Waals surface area contributed by atoms with E-state index in [1.54, 1.807) is 0 Å². The number of primary amides is 1. The zero-order chi connectivity index (χ0) is 15.1. The van der Waals surface area contributed by atoms with E-state index in [0.717, 1.165) is 12.8 Å². The van der Waals surface area contributed by atoms with Crippen LogP contribution in [0.3, 0.4) is 0 Å². The number of amides is 3. The molecule has 1 saturated heterocycles. The molecule has 0 aromatic carbocycles. The second-order valence-electron chi connectivity index (χ2n) is 5.17. The second kappa shape index (κ2) is 7.72. The van der Waals surface area contributed by atoms with Crippen LogP contribution < -0.4 is 11.1 Å². The smallest absolute Gasteiger partial charge is 0.326 e. The zero-order valence-corrected chi connectivity index (χ0v) is 11.8. The number of nitrogens with two attached hydrogens (primary N) is 1. The lowest BCUT2D eigenvalue weighted by atomic mass is 9.96. The molecule has 0 aliphatic carbocycles. The van der Waals surface area contributed by atoms with Crippen molar-refractivity contribution in [1.82, 2.24) is 10.2 Å². The maximum atomic E-state index is 12.1. The maximum absolute atomic E-state index is 12.1. The number of carboxylic acids is 1. The van der Waals surface area contributed by atoms with E-state index in [-0.39, 0.29) is 18.4 Å². The highest BCUT2D eigenvalue weighted by molar-refractivity contribution is 5.85. The molecule has 20 heavy (non-hydrogen) atoms. The Morgan fingerprint density at radius 1 is 1.45 bits per heavy atom. The third-order valence-corrected chi connectivity index (χ3v) is 3.56. The Morgan fingerprint density at radius 3 is 2.70 bits per heavy atom. The minimum absolute atomic E-state index is 0.265. The van der Waals surface area contributed by atoms with Crippen LogP contribution in [0.25, 0.3) is 0 Å². The van der Waals surface area contributed by atoms with Gasteiger partial charge in [0.2, 0.25) is 5.91 Å². The summed E-state index contributed by atoms with van der Waals surface area (Å²) in [5, 5.41) is 11.7. The Balaban J connectivity index is 2.55. The van der Waals surface area contributed by atoms with Crippen molar-refractivity contribution in [3.05, 3.63) is 0 Å². The lowest BCUT2D eigenvalue weighted by Crippen LogP contribution is -2.50. The van der Waals surface area contributed by atoms with Crippen LogP contribution in [0.2, 0.25) is 0 Å². The van der Waals surface area contributed by atoms with Gasteiger partial charge in [0.25, 0.3) is 0 Å². The van der Waals surface area contributed by atoms with Crippen molar-refractivity contribution in [2.45, 2.75) is 45.1 Å². The van der Waals surface area contributed by atoms with Crippen molar-refractivity contribution in [1.29, 1.82) is 0 Å². The van der Waals surface area contributed by atoms with Gasteiger partial charge in [-0.1, -0.05) is 19.8 Å². The van der Waals surface area contributed by atoms with Crippen LogP contribution in [0.1, 0.15) is 39.0 Å². The first-order chi connectivity index (χ1) is 9.45. The van der Waals surface area contributed by atoms with Gasteiger partial charge in [-0.05, 0) is 19.3 Å². The fraction of sp³-hybridized carbons (Fsp3) is 0.769. The SMILES string of the molecule is CCCC[C@H](NC(=O)[C@@H]1CCCN(C(N)=O)C1)C(=O)O. The summed E-state index contributed by atoms with van der Waals surface area (Å²) in [5.74, 6) is -1.70. The number of carbonyl (C=O) groups excluding carboxylic acids is 2. The monoisotopic (exact) mass is 285 g/mol. The number of aliphatic carboxylic acids is 1. The number of urea groups is 1. The van der Waals surface area contributed by atoms with Crippen molar-refractivity contribution < 1.29 is 19.5 Å². The van der Waals surface area contributed by atoms with E-state index in [2.05, 4.69) is 5.32 Å². The minimum atomic E-state index is -1.02. The van der Waals surface area contributed by atoms with Crippen molar-refractivity contribution in [3.8, 4) is 0 Å². The van der Waals surface area contributed by atoms with E-state index < -0.39 is 18.0 Å². The summed E-state index contributed by atoms with van der Waals surface area (Å²) in [6.45, 7) is 2.78. The molecule has 0 spiro atoms. The molecular weight excluding hydrogens is 262 g/mol. The quantitative estimate of drug-likeness (QED) is 0.661. The van der Waals surface area contributed by atoms with Gasteiger partial charge in [0.05, 0.1) is 5.92 Å². The molecule has 1 heterocycles. The van der Waals surface area contributed by atoms with E-state index in [1.807, 2.05) is 6.92 Å². The standard InChI is InChI=1S/C13H23N3O4/c1-2-3-6-10(12(18)19)15-11(17)9-5-4-7-16(8-9)13(14)20/h9-10H,2-8H2,1H3,(H2,14,20)(H,15,17)(H,18,19)/t9-,10+/m1/s1. The molecule has 1 aliphatic rings. The topological polar surface area (TPSA) is 113 Å². The molecule has 7 heteroatoms. The van der Waals surface area contributed by atoms with Gasteiger partial charge >= 0.3 is 12.0 Å². The van der Waals surface area contributed by atoms with Crippen LogP contribution >= 0.6 is 0 Å². The highest BCUT2D eigenvalue weighted by Gasteiger charge is 2.30. The largest absolute Gasteiger partial charge is 0.480 e. The van der Waals surface area contributed by atoms with Crippen LogP contribution in [0, 0.1) is 5.92 Å². The van der Waals surface area contributed by atoms with Crippen molar-refractivity contribution in [2.24, 2.45) is 11.7 Å². The molecular formula is C13H23N3O4. The van der Waals surface area contributed by atoms with Gasteiger partial charge < -0.3 is 21.1 Å². The lowest BCUT2D eigenvalue weighted by molar-refractivity contribution is -0.143. The molecule has 0 aromatic rings. The number of piperidine rings is 1. The van der Waals surface area contributed by atoms with Gasteiger partial charge in [0, 0.05) is 13.1 Å². The van der Waals surface area contributed by atoms with Gasteiger partial charge in [0.1, 0.15) is 6.04 Å². The van der Waals surface area contributed by atoms with E-state index >= 15 is 0 Å². The van der Waals surface area contributed by atoms with E-state index in [4.69, 9.17) is 10.8 Å². The summed E-state index contributed by atoms with van der Waals surface area (Å²) in [6.07, 6.45) is 3.39. The molecule has 0 unspecified atom stereocenters. The Labute approximate surface area is 118 Å². The molecule has 0 radical (unpaired) electrons. The van der Waals surface area contributed by atoms with E-state index in [9.17, 15) is 14.4 Å². The molecule has 1 fully saturated rings. The molecule has 4 N–H and O–H groups in total. The van der Waals surface area contributed by atoms with E-state index in [1.165, 1.54) is 4.90 Å². The Kier molecular flexibility index (Phi) is 6.27. The van der Waals surface area contributed by atoms with Crippen molar-refractivity contribution in [3.63, 3.8) is 0 Å². The molecule has 1 rings (SSSR count). The predicted octanol–water partition coefficient (Wildman–Crippen LogP) is 0.537. The number of unbranched alkanes of at least 4 members (excludes halogenated alkanes) is 1. The van der Waals surface area contributed by atoms with Crippen LogP contribution in [0.4, 0.5) is 4.79 Å². The number of rotatable bonds is 6. The minimum Gasteiger partial charge on any atom is -0.480 e. The van der Waals surface area contributed by atoms with Crippen molar-refractivity contribution in [2.75, 3.05) is 13.1 Å². The molecule has 114 valence electrons. The highest BCUT2D eigenvalue weighted by Crippen LogP contribution is 2.17. The highest BCUT2D eigenvalue weighted by atomic mass is 16.4. The summed E-state index contributed by atoms with van der Waals surface area (Å²) in [4.78, 5) is 35.7. The molecule has 0 bridgehead atoms. The van der Waals surface area contributed by atoms with Gasteiger partial charge in [-0.15, -0.1) is 0 Å². The average molecular weight is 285 g/mol. The molecule has 7 nitrogen and oxygen atoms in total. The van der Waals surface area contributed by atoms with Gasteiger partial charge in [-0.3, -0.25) is 4.79 Å². The predicted molar refractivity (Wildman–Crippen MR) is 73.0 cm³/mol. The first-order valence-corrected chi connectivity index (χ1v) is 7.03. The first kappa shape index (κ1) is 16.3. The number of carbonyl (C=O) groups is 3. The van der Waals surface area contributed by atoms with Crippen LogP contribution in [0.5, 0.6) is 0 Å². The van der Waals surface area contributed by atoms with Gasteiger partial charge in [-0.2, -0.15) is 0 Å². The summed E-state index contributed by atoms with van der Waals surface area (Å²) < 4.78 is 0. The zero-order valence-electron chi connectivity index (χ0n) is 11.8. The second-order valence-corrected chi connectivity index (χ2v) is 5.17. The molecule has 3 amide bonds. The maximum Gasteiger partial charge on any atom is 0.326 e. The van der Waals surface area contributed by atoms with Gasteiger partial charge in [-0.25, -0.2) is 9.59 Å². The van der Waals surface area contributed by atoms with E-state index in [0.29, 0.717) is 25.8 Å². The molecule has 1 aliphatic heterocycles. The summed E-state index contributed by atoms with van der Waals surface area (Å²) >= 11 is 0. The summed E-state index contributed by atoms with van der Waals surface area (Å²) in [7, 11) is 0.